The van der Waals surface area contributed by atoms with E-state index in [4.69, 9.17) is 14.2 Å². The number of hydrogen-bond acceptors (Lipinski definition) is 10. The number of Topliss-reactive ketones (excluding diaryl/α,β-unsaturated/α-hetero) is 2. The Kier molecular flexibility index (Phi) is 6.38. The molecule has 4 aliphatic rings. The second-order valence-electron chi connectivity index (χ2n) is 12.5. The number of rotatable bonds is 3. The molecule has 5 rings (SSSR count). The van der Waals surface area contributed by atoms with Crippen LogP contribution in [-0.2, 0) is 28.6 Å². The number of ketones is 2. The van der Waals surface area contributed by atoms with Gasteiger partial charge in [-0.15, -0.1) is 0 Å². The van der Waals surface area contributed by atoms with Crippen molar-refractivity contribution in [1.82, 2.24) is 0 Å². The highest BCUT2D eigenvalue weighted by Crippen LogP contribution is 2.64. The Morgan fingerprint density at radius 3 is 2.28 bits per heavy atom. The molecule has 1 aliphatic heterocycles. The van der Waals surface area contributed by atoms with Crippen molar-refractivity contribution in [2.24, 2.45) is 28.6 Å². The zero-order valence-electron chi connectivity index (χ0n) is 22.7. The summed E-state index contributed by atoms with van der Waals surface area (Å²) in [5.74, 6) is -6.47. The van der Waals surface area contributed by atoms with E-state index in [-0.39, 0.29) is 25.0 Å². The minimum Gasteiger partial charge on any atom is -0.455 e. The predicted octanol–water partition coefficient (Wildman–Crippen LogP) is 1.23. The summed E-state index contributed by atoms with van der Waals surface area (Å²) in [4.78, 5) is 54.2. The first-order valence-electron chi connectivity index (χ1n) is 13.4. The molecule has 2 bridgehead atoms. The van der Waals surface area contributed by atoms with Crippen molar-refractivity contribution in [1.29, 1.82) is 0 Å². The minimum atomic E-state index is -2.07. The largest absolute Gasteiger partial charge is 0.455 e. The lowest BCUT2D eigenvalue weighted by Gasteiger charge is -2.67. The molecule has 3 saturated carbocycles. The molecule has 3 aliphatic carbocycles. The van der Waals surface area contributed by atoms with Gasteiger partial charge >= 0.3 is 11.9 Å². The summed E-state index contributed by atoms with van der Waals surface area (Å²) in [5, 5.41) is 35.2. The van der Waals surface area contributed by atoms with Crippen LogP contribution in [0.25, 0.3) is 0 Å². The average molecular weight is 545 g/mol. The highest BCUT2D eigenvalue weighted by Gasteiger charge is 2.78. The molecule has 0 amide bonds. The SMILES string of the molecule is CC(=O)O[C@@]12CO[C@@H]1C[C@H](O)[C@@]1(C)C(=O)C(=O)C3C(C)[C@@H](O)C[C@@](O)([C@@H](OC(=O)c4ccccc4)[C@H]21)C3(C)C. The van der Waals surface area contributed by atoms with E-state index >= 15 is 0 Å². The molecule has 1 saturated heterocycles. The molecule has 1 aromatic rings. The first kappa shape index (κ1) is 27.9. The fourth-order valence-electron chi connectivity index (χ4n) is 7.95. The zero-order valence-corrected chi connectivity index (χ0v) is 22.7. The van der Waals surface area contributed by atoms with Crippen molar-refractivity contribution in [3.8, 4) is 0 Å². The molecule has 0 aromatic heterocycles. The Labute approximate surface area is 226 Å². The average Bonchev–Trinajstić information content (AvgIpc) is 2.87. The lowest BCUT2D eigenvalue weighted by molar-refractivity contribution is -0.349. The second kappa shape index (κ2) is 8.92. The van der Waals surface area contributed by atoms with Crippen LogP contribution in [0.2, 0.25) is 0 Å². The van der Waals surface area contributed by atoms with Crippen molar-refractivity contribution < 1.29 is 48.7 Å². The molecule has 4 fully saturated rings. The maximum atomic E-state index is 14.2. The van der Waals surface area contributed by atoms with Crippen LogP contribution >= 0.6 is 0 Å². The molecule has 1 heterocycles. The van der Waals surface area contributed by atoms with Gasteiger partial charge in [0.1, 0.15) is 17.8 Å². The van der Waals surface area contributed by atoms with Gasteiger partial charge in [0.25, 0.3) is 0 Å². The van der Waals surface area contributed by atoms with Crippen molar-refractivity contribution in [3.05, 3.63) is 35.9 Å². The van der Waals surface area contributed by atoms with Crippen molar-refractivity contribution in [3.63, 3.8) is 0 Å². The quantitative estimate of drug-likeness (QED) is 0.373. The van der Waals surface area contributed by atoms with E-state index in [1.807, 2.05) is 0 Å². The molecule has 10 atom stereocenters. The molecule has 2 unspecified atom stereocenters. The number of benzene rings is 1. The van der Waals surface area contributed by atoms with Crippen LogP contribution in [0.4, 0.5) is 0 Å². The van der Waals surface area contributed by atoms with Gasteiger partial charge in [-0.25, -0.2) is 4.79 Å². The summed E-state index contributed by atoms with van der Waals surface area (Å²) in [6, 6.07) is 8.06. The van der Waals surface area contributed by atoms with Crippen molar-refractivity contribution in [2.75, 3.05) is 6.61 Å². The van der Waals surface area contributed by atoms with Gasteiger partial charge in [0, 0.05) is 31.1 Å². The monoisotopic (exact) mass is 544 g/mol. The minimum absolute atomic E-state index is 0.108. The molecular weight excluding hydrogens is 508 g/mol. The lowest BCUT2D eigenvalue weighted by atomic mass is 9.42. The highest BCUT2D eigenvalue weighted by molar-refractivity contribution is 6.40. The van der Waals surface area contributed by atoms with E-state index < -0.39 is 87.7 Å². The number of aliphatic hydroxyl groups excluding tert-OH is 2. The Bertz CT molecular complexity index is 1210. The fourth-order valence-corrected chi connectivity index (χ4v) is 7.95. The third-order valence-electron chi connectivity index (χ3n) is 10.2. The fraction of sp³-hybridized carbons (Fsp3) is 0.655. The number of carbonyl (C=O) groups excluding carboxylic acids is 4. The van der Waals surface area contributed by atoms with Crippen LogP contribution in [-0.4, -0.2) is 81.0 Å². The number of fused-ring (bicyclic) bond motifs is 5. The number of carbonyl (C=O) groups is 4. The molecule has 212 valence electrons. The first-order chi connectivity index (χ1) is 18.1. The Morgan fingerprint density at radius 2 is 1.72 bits per heavy atom. The van der Waals surface area contributed by atoms with Crippen molar-refractivity contribution >= 4 is 23.5 Å². The summed E-state index contributed by atoms with van der Waals surface area (Å²) in [7, 11) is 0. The molecule has 10 heteroatoms. The Hall–Kier alpha value is -2.66. The van der Waals surface area contributed by atoms with E-state index in [0.29, 0.717) is 0 Å². The predicted molar refractivity (Wildman–Crippen MR) is 134 cm³/mol. The number of ether oxygens (including phenoxy) is 3. The van der Waals surface area contributed by atoms with E-state index in [0.717, 1.165) is 0 Å². The van der Waals surface area contributed by atoms with Gasteiger partial charge in [-0.3, -0.25) is 14.4 Å². The molecule has 39 heavy (non-hydrogen) atoms. The molecule has 3 N–H and O–H groups in total. The maximum absolute atomic E-state index is 14.2. The smallest absolute Gasteiger partial charge is 0.338 e. The first-order valence-corrected chi connectivity index (χ1v) is 13.4. The van der Waals surface area contributed by atoms with Crippen molar-refractivity contribution in [2.45, 2.75) is 83.1 Å². The number of aliphatic hydroxyl groups is 3. The lowest BCUT2D eigenvalue weighted by Crippen LogP contribution is -2.82. The van der Waals surface area contributed by atoms with Gasteiger partial charge < -0.3 is 29.5 Å². The van der Waals surface area contributed by atoms with E-state index in [2.05, 4.69) is 0 Å². The van der Waals surface area contributed by atoms with E-state index in [1.165, 1.54) is 26.0 Å². The van der Waals surface area contributed by atoms with E-state index in [1.54, 1.807) is 39.0 Å². The number of esters is 2. The van der Waals surface area contributed by atoms with Crippen LogP contribution in [0.3, 0.4) is 0 Å². The summed E-state index contributed by atoms with van der Waals surface area (Å²) < 4.78 is 17.7. The van der Waals surface area contributed by atoms with Crippen LogP contribution in [0.1, 0.15) is 57.8 Å². The van der Waals surface area contributed by atoms with Gasteiger partial charge in [-0.05, 0) is 25.0 Å². The van der Waals surface area contributed by atoms with Crippen LogP contribution in [0.5, 0.6) is 0 Å². The Balaban J connectivity index is 1.80. The summed E-state index contributed by atoms with van der Waals surface area (Å²) in [6.45, 7) is 7.28. The normalized spacial score (nSPS) is 44.6. The molecule has 1 aromatic carbocycles. The highest BCUT2D eigenvalue weighted by atomic mass is 16.6. The summed E-state index contributed by atoms with van der Waals surface area (Å²) in [6.07, 6.45) is -5.48. The summed E-state index contributed by atoms with van der Waals surface area (Å²) in [5.41, 5.74) is -6.75. The van der Waals surface area contributed by atoms with Crippen LogP contribution < -0.4 is 0 Å². The standard InChI is InChI=1S/C29H36O10/c1-14-17(31)12-29(36)24(38-25(35)16-9-7-6-8-10-16)22-27(5,23(34)21(33)20(14)26(29,3)4)18(32)11-19-28(22,13-37-19)39-15(2)30/h6-10,14,17-20,22,24,31-32,36H,11-13H2,1-5H3/t14?,17-,18-,19+,20?,22-,24-,27+,28-,29+/m0/s1. The third-order valence-corrected chi connectivity index (χ3v) is 10.2. The van der Waals surface area contributed by atoms with E-state index in [9.17, 15) is 34.5 Å². The second-order valence-corrected chi connectivity index (χ2v) is 12.5. The molecule has 10 nitrogen and oxygen atoms in total. The van der Waals surface area contributed by atoms with Gasteiger partial charge in [-0.1, -0.05) is 39.0 Å². The summed E-state index contributed by atoms with van der Waals surface area (Å²) >= 11 is 0. The topological polar surface area (TPSA) is 157 Å². The third kappa shape index (κ3) is 3.61. The van der Waals surface area contributed by atoms with Crippen LogP contribution in [0.15, 0.2) is 30.3 Å². The molecular formula is C29H36O10. The number of hydrogen-bond donors (Lipinski definition) is 3. The van der Waals surface area contributed by atoms with Gasteiger partial charge in [0.15, 0.2) is 5.60 Å². The molecule has 0 radical (unpaired) electrons. The van der Waals surface area contributed by atoms with Gasteiger partial charge in [0.05, 0.1) is 35.7 Å². The molecule has 0 spiro atoms. The van der Waals surface area contributed by atoms with Gasteiger partial charge in [0.2, 0.25) is 11.6 Å². The zero-order chi connectivity index (χ0) is 28.7. The maximum Gasteiger partial charge on any atom is 0.338 e. The Morgan fingerprint density at radius 1 is 1.08 bits per heavy atom. The van der Waals surface area contributed by atoms with Crippen LogP contribution in [0, 0.1) is 28.6 Å². The van der Waals surface area contributed by atoms with Gasteiger partial charge in [-0.2, -0.15) is 0 Å².